The highest BCUT2D eigenvalue weighted by Crippen LogP contribution is 2.11. The summed E-state index contributed by atoms with van der Waals surface area (Å²) in [5, 5.41) is 0. The molecule has 0 fully saturated rings. The maximum absolute atomic E-state index is 5.51. The van der Waals surface area contributed by atoms with Crippen LogP contribution in [0.25, 0.3) is 0 Å². The van der Waals surface area contributed by atoms with Gasteiger partial charge < -0.3 is 4.43 Å². The molecule has 0 saturated carbocycles. The first kappa shape index (κ1) is 12.2. The van der Waals surface area contributed by atoms with Crippen LogP contribution in [0.3, 0.4) is 0 Å². The quantitative estimate of drug-likeness (QED) is 0.420. The molecule has 0 bridgehead atoms. The summed E-state index contributed by atoms with van der Waals surface area (Å²) in [5.74, 6) is 0. The van der Waals surface area contributed by atoms with Crippen LogP contribution in [-0.2, 0) is 4.43 Å². The van der Waals surface area contributed by atoms with Crippen LogP contribution < -0.4 is 0 Å². The SMILES string of the molecule is CCCCCCC(CCC)O[SiH3]. The Labute approximate surface area is 80.4 Å². The molecule has 74 valence electrons. The van der Waals surface area contributed by atoms with Crippen molar-refractivity contribution in [2.45, 2.75) is 64.9 Å². The molecule has 0 aromatic rings. The first-order chi connectivity index (χ1) is 5.85. The summed E-state index contributed by atoms with van der Waals surface area (Å²) < 4.78 is 5.51. The van der Waals surface area contributed by atoms with Gasteiger partial charge in [-0.25, -0.2) is 0 Å². The van der Waals surface area contributed by atoms with Gasteiger partial charge in [0.25, 0.3) is 0 Å². The van der Waals surface area contributed by atoms with Gasteiger partial charge in [-0.05, 0) is 12.8 Å². The summed E-state index contributed by atoms with van der Waals surface area (Å²) in [4.78, 5) is 0. The van der Waals surface area contributed by atoms with Crippen LogP contribution in [-0.4, -0.2) is 16.6 Å². The van der Waals surface area contributed by atoms with Crippen molar-refractivity contribution >= 4 is 10.5 Å². The van der Waals surface area contributed by atoms with Gasteiger partial charge in [0.1, 0.15) is 10.5 Å². The lowest BCUT2D eigenvalue weighted by Crippen LogP contribution is -2.10. The molecule has 0 N–H and O–H groups in total. The largest absolute Gasteiger partial charge is 0.425 e. The number of hydrogen-bond donors (Lipinski definition) is 0. The zero-order chi connectivity index (χ0) is 9.23. The van der Waals surface area contributed by atoms with Gasteiger partial charge in [-0.2, -0.15) is 0 Å². The summed E-state index contributed by atoms with van der Waals surface area (Å²) in [6, 6.07) is 0. The maximum atomic E-state index is 5.51. The van der Waals surface area contributed by atoms with Gasteiger partial charge in [-0.3, -0.25) is 0 Å². The molecule has 0 aromatic heterocycles. The smallest absolute Gasteiger partial charge is 0.146 e. The van der Waals surface area contributed by atoms with E-state index in [1.807, 2.05) is 0 Å². The van der Waals surface area contributed by atoms with Crippen molar-refractivity contribution in [1.82, 2.24) is 0 Å². The van der Waals surface area contributed by atoms with Crippen LogP contribution in [0.5, 0.6) is 0 Å². The fourth-order valence-electron chi connectivity index (χ4n) is 1.50. The van der Waals surface area contributed by atoms with Crippen LogP contribution in [0.1, 0.15) is 58.8 Å². The van der Waals surface area contributed by atoms with Crippen molar-refractivity contribution in [1.29, 1.82) is 0 Å². The first-order valence-corrected chi connectivity index (χ1v) is 6.19. The highest BCUT2D eigenvalue weighted by molar-refractivity contribution is 5.98. The highest BCUT2D eigenvalue weighted by atomic mass is 28.2. The first-order valence-electron chi connectivity index (χ1n) is 5.37. The molecule has 0 radical (unpaired) electrons. The fourth-order valence-corrected chi connectivity index (χ4v) is 1.97. The average Bonchev–Trinajstić information content (AvgIpc) is 2.10. The summed E-state index contributed by atoms with van der Waals surface area (Å²) in [5.41, 5.74) is 0. The predicted molar refractivity (Wildman–Crippen MR) is 58.5 cm³/mol. The van der Waals surface area contributed by atoms with Crippen molar-refractivity contribution in [3.8, 4) is 0 Å². The Bertz CT molecular complexity index is 85.9. The normalized spacial score (nSPS) is 13.5. The van der Waals surface area contributed by atoms with Crippen molar-refractivity contribution in [2.75, 3.05) is 0 Å². The minimum Gasteiger partial charge on any atom is -0.425 e. The van der Waals surface area contributed by atoms with Crippen molar-refractivity contribution < 1.29 is 4.43 Å². The van der Waals surface area contributed by atoms with E-state index in [2.05, 4.69) is 13.8 Å². The van der Waals surface area contributed by atoms with Crippen LogP contribution in [0.2, 0.25) is 0 Å². The Balaban J connectivity index is 3.19. The molecule has 1 nitrogen and oxygen atoms in total. The van der Waals surface area contributed by atoms with Gasteiger partial charge in [-0.15, -0.1) is 0 Å². The molecule has 1 atom stereocenters. The summed E-state index contributed by atoms with van der Waals surface area (Å²) in [6.45, 7) is 4.49. The number of unbranched alkanes of at least 4 members (excludes halogenated alkanes) is 3. The van der Waals surface area contributed by atoms with Gasteiger partial charge in [0.15, 0.2) is 0 Å². The average molecular weight is 188 g/mol. The molecular formula is C10H24OSi. The molecule has 0 aromatic carbocycles. The van der Waals surface area contributed by atoms with E-state index in [1.54, 1.807) is 0 Å². The third-order valence-electron chi connectivity index (χ3n) is 2.32. The van der Waals surface area contributed by atoms with Crippen LogP contribution in [0, 0.1) is 0 Å². The molecule has 0 saturated heterocycles. The van der Waals surface area contributed by atoms with Crippen molar-refractivity contribution in [3.05, 3.63) is 0 Å². The molecular weight excluding hydrogens is 164 g/mol. The third kappa shape index (κ3) is 6.86. The van der Waals surface area contributed by atoms with Gasteiger partial charge in [0.05, 0.1) is 0 Å². The molecule has 0 rings (SSSR count). The van der Waals surface area contributed by atoms with E-state index in [0.29, 0.717) is 6.10 Å². The topological polar surface area (TPSA) is 9.23 Å². The second kappa shape index (κ2) is 9.27. The molecule has 0 heterocycles. The summed E-state index contributed by atoms with van der Waals surface area (Å²) in [6.07, 6.45) is 9.87. The lowest BCUT2D eigenvalue weighted by molar-refractivity contribution is 0.193. The minimum atomic E-state index is 0.582. The minimum absolute atomic E-state index is 0.582. The van der Waals surface area contributed by atoms with Gasteiger partial charge >= 0.3 is 0 Å². The van der Waals surface area contributed by atoms with Crippen LogP contribution in [0.15, 0.2) is 0 Å². The monoisotopic (exact) mass is 188 g/mol. The van der Waals surface area contributed by atoms with E-state index < -0.39 is 0 Å². The Morgan fingerprint density at radius 3 is 2.25 bits per heavy atom. The Kier molecular flexibility index (Phi) is 9.40. The zero-order valence-electron chi connectivity index (χ0n) is 8.94. The lowest BCUT2D eigenvalue weighted by atomic mass is 10.1. The second-order valence-corrected chi connectivity index (χ2v) is 3.97. The van der Waals surface area contributed by atoms with Gasteiger partial charge in [-0.1, -0.05) is 46.0 Å². The van der Waals surface area contributed by atoms with E-state index in [1.165, 1.54) is 44.9 Å². The van der Waals surface area contributed by atoms with Crippen molar-refractivity contribution in [2.24, 2.45) is 0 Å². The molecule has 1 unspecified atom stereocenters. The van der Waals surface area contributed by atoms with Crippen molar-refractivity contribution in [3.63, 3.8) is 0 Å². The molecule has 2 heteroatoms. The molecule has 0 amide bonds. The molecule has 0 aliphatic carbocycles. The Morgan fingerprint density at radius 1 is 1.00 bits per heavy atom. The summed E-state index contributed by atoms with van der Waals surface area (Å²) >= 11 is 0. The predicted octanol–water partition coefficient (Wildman–Crippen LogP) is 2.42. The Hall–Kier alpha value is 0.177. The van der Waals surface area contributed by atoms with Gasteiger partial charge in [0, 0.05) is 6.10 Å². The molecule has 0 aliphatic heterocycles. The maximum Gasteiger partial charge on any atom is 0.146 e. The van der Waals surface area contributed by atoms with E-state index in [4.69, 9.17) is 4.43 Å². The number of hydrogen-bond acceptors (Lipinski definition) is 1. The fraction of sp³-hybridized carbons (Fsp3) is 1.00. The molecule has 0 aliphatic rings. The second-order valence-electron chi connectivity index (χ2n) is 3.50. The van der Waals surface area contributed by atoms with E-state index in [-0.39, 0.29) is 0 Å². The van der Waals surface area contributed by atoms with E-state index in [9.17, 15) is 0 Å². The number of rotatable bonds is 8. The third-order valence-corrected chi connectivity index (χ3v) is 2.99. The highest BCUT2D eigenvalue weighted by Gasteiger charge is 2.03. The van der Waals surface area contributed by atoms with E-state index >= 15 is 0 Å². The summed E-state index contributed by atoms with van der Waals surface area (Å²) in [7, 11) is 0.906. The van der Waals surface area contributed by atoms with Crippen LogP contribution in [0.4, 0.5) is 0 Å². The lowest BCUT2D eigenvalue weighted by Gasteiger charge is -2.14. The van der Waals surface area contributed by atoms with E-state index in [0.717, 1.165) is 10.5 Å². The zero-order valence-corrected chi connectivity index (χ0v) is 10.9. The van der Waals surface area contributed by atoms with Gasteiger partial charge in [0.2, 0.25) is 0 Å². The standard InChI is InChI=1S/C10H24OSi/c1-3-5-6-7-9-10(11-12)8-4-2/h10H,3-9H2,1-2,12H3. The van der Waals surface area contributed by atoms with Crippen LogP contribution >= 0.6 is 0 Å². The Morgan fingerprint density at radius 2 is 1.75 bits per heavy atom. The molecule has 12 heavy (non-hydrogen) atoms. The molecule has 0 spiro atoms.